The van der Waals surface area contributed by atoms with Gasteiger partial charge in [-0.05, 0) is 37.8 Å². The van der Waals surface area contributed by atoms with Gasteiger partial charge in [0.1, 0.15) is 4.90 Å². The summed E-state index contributed by atoms with van der Waals surface area (Å²) in [6.07, 6.45) is 4.52. The Morgan fingerprint density at radius 1 is 1.11 bits per heavy atom. The zero-order valence-electron chi connectivity index (χ0n) is 10.2. The van der Waals surface area contributed by atoms with Gasteiger partial charge in [0.25, 0.3) is 0 Å². The molecule has 0 bridgehead atoms. The summed E-state index contributed by atoms with van der Waals surface area (Å²) in [6, 6.07) is 2.03. The molecule has 4 nitrogen and oxygen atoms in total. The van der Waals surface area contributed by atoms with Crippen LogP contribution in [0.5, 0.6) is 5.75 Å². The van der Waals surface area contributed by atoms with Gasteiger partial charge in [0, 0.05) is 0 Å². The monoisotopic (exact) mass is 291 g/mol. The quantitative estimate of drug-likeness (QED) is 0.929. The Balaban J connectivity index is 2.26. The van der Waals surface area contributed by atoms with Crippen molar-refractivity contribution >= 4 is 10.0 Å². The third-order valence-electron chi connectivity index (χ3n) is 3.16. The predicted octanol–water partition coefficient (Wildman–Crippen LogP) is 2.32. The fourth-order valence-electron chi connectivity index (χ4n) is 2.19. The standard InChI is InChI=1S/C12H15F2NO3S/c13-11-9(18-8-4-2-1-3-5-8)6-7-10(12(11)14)19(15,16)17/h6-8H,1-5H2,(H2,15,16,17). The molecule has 1 saturated carbocycles. The number of primary sulfonamides is 1. The van der Waals surface area contributed by atoms with Crippen LogP contribution in [-0.4, -0.2) is 14.5 Å². The minimum Gasteiger partial charge on any atom is -0.487 e. The molecule has 0 heterocycles. The van der Waals surface area contributed by atoms with Gasteiger partial charge < -0.3 is 4.74 Å². The van der Waals surface area contributed by atoms with Gasteiger partial charge in [-0.25, -0.2) is 17.9 Å². The summed E-state index contributed by atoms with van der Waals surface area (Å²) < 4.78 is 54.8. The molecule has 1 aliphatic carbocycles. The van der Waals surface area contributed by atoms with Crippen molar-refractivity contribution in [2.75, 3.05) is 0 Å². The zero-order valence-corrected chi connectivity index (χ0v) is 11.1. The van der Waals surface area contributed by atoms with Gasteiger partial charge in [-0.2, -0.15) is 4.39 Å². The van der Waals surface area contributed by atoms with Crippen LogP contribution in [0.25, 0.3) is 0 Å². The van der Waals surface area contributed by atoms with Crippen LogP contribution in [0, 0.1) is 11.6 Å². The molecule has 0 unspecified atom stereocenters. The minimum absolute atomic E-state index is 0.150. The van der Waals surface area contributed by atoms with Gasteiger partial charge in [0.2, 0.25) is 15.8 Å². The van der Waals surface area contributed by atoms with Crippen LogP contribution in [0.1, 0.15) is 32.1 Å². The van der Waals surface area contributed by atoms with Gasteiger partial charge in [0.05, 0.1) is 6.10 Å². The van der Waals surface area contributed by atoms with Crippen molar-refractivity contribution in [3.8, 4) is 5.75 Å². The van der Waals surface area contributed by atoms with E-state index in [4.69, 9.17) is 9.88 Å². The van der Waals surface area contributed by atoms with Crippen LogP contribution in [0.2, 0.25) is 0 Å². The Hall–Kier alpha value is -1.21. The van der Waals surface area contributed by atoms with E-state index in [1.54, 1.807) is 0 Å². The Morgan fingerprint density at radius 2 is 1.74 bits per heavy atom. The average Bonchev–Trinajstić information content (AvgIpc) is 2.35. The smallest absolute Gasteiger partial charge is 0.241 e. The van der Waals surface area contributed by atoms with Gasteiger partial charge >= 0.3 is 0 Å². The summed E-state index contributed by atoms with van der Waals surface area (Å²) in [7, 11) is -4.28. The van der Waals surface area contributed by atoms with E-state index in [-0.39, 0.29) is 11.9 Å². The van der Waals surface area contributed by atoms with E-state index in [0.717, 1.165) is 44.2 Å². The van der Waals surface area contributed by atoms with Gasteiger partial charge in [-0.1, -0.05) is 6.42 Å². The Bertz CT molecular complexity index is 569. The second-order valence-corrected chi connectivity index (χ2v) is 6.14. The summed E-state index contributed by atoms with van der Waals surface area (Å²) in [5.74, 6) is -3.07. The summed E-state index contributed by atoms with van der Waals surface area (Å²) in [6.45, 7) is 0. The first-order valence-corrected chi connectivity index (χ1v) is 7.61. The third kappa shape index (κ3) is 3.22. The molecule has 7 heteroatoms. The molecule has 1 aliphatic rings. The molecule has 0 aromatic heterocycles. The van der Waals surface area contributed by atoms with Crippen molar-refractivity contribution < 1.29 is 21.9 Å². The molecular formula is C12H15F2NO3S. The molecule has 19 heavy (non-hydrogen) atoms. The molecule has 0 aliphatic heterocycles. The maximum atomic E-state index is 13.7. The van der Waals surface area contributed by atoms with Gasteiger partial charge in [-0.15, -0.1) is 0 Å². The molecule has 0 spiro atoms. The highest BCUT2D eigenvalue weighted by molar-refractivity contribution is 7.89. The van der Waals surface area contributed by atoms with Crippen molar-refractivity contribution in [1.29, 1.82) is 0 Å². The topological polar surface area (TPSA) is 69.4 Å². The normalized spacial score (nSPS) is 17.4. The third-order valence-corrected chi connectivity index (χ3v) is 4.09. The second kappa shape index (κ2) is 5.42. The lowest BCUT2D eigenvalue weighted by molar-refractivity contribution is 0.147. The molecule has 2 rings (SSSR count). The Morgan fingerprint density at radius 3 is 2.32 bits per heavy atom. The van der Waals surface area contributed by atoms with Crippen molar-refractivity contribution in [2.45, 2.75) is 43.1 Å². The lowest BCUT2D eigenvalue weighted by atomic mass is 9.98. The number of halogens is 2. The molecular weight excluding hydrogens is 276 g/mol. The van der Waals surface area contributed by atoms with Crippen LogP contribution in [-0.2, 0) is 10.0 Å². The highest BCUT2D eigenvalue weighted by atomic mass is 32.2. The Kier molecular flexibility index (Phi) is 4.05. The van der Waals surface area contributed by atoms with Gasteiger partial charge in [0.15, 0.2) is 11.6 Å². The number of ether oxygens (including phenoxy) is 1. The second-order valence-electron chi connectivity index (χ2n) is 4.61. The van der Waals surface area contributed by atoms with Crippen LogP contribution < -0.4 is 9.88 Å². The maximum Gasteiger partial charge on any atom is 0.241 e. The maximum absolute atomic E-state index is 13.7. The molecule has 2 N–H and O–H groups in total. The highest BCUT2D eigenvalue weighted by Crippen LogP contribution is 2.28. The summed E-state index contributed by atoms with van der Waals surface area (Å²) in [4.78, 5) is -0.860. The van der Waals surface area contributed by atoms with E-state index in [9.17, 15) is 17.2 Å². The summed E-state index contributed by atoms with van der Waals surface area (Å²) in [5.41, 5.74) is 0. The summed E-state index contributed by atoms with van der Waals surface area (Å²) in [5, 5.41) is 4.79. The average molecular weight is 291 g/mol. The molecule has 0 saturated heterocycles. The van der Waals surface area contributed by atoms with Crippen molar-refractivity contribution in [2.24, 2.45) is 5.14 Å². The number of hydrogen-bond acceptors (Lipinski definition) is 3. The molecule has 1 fully saturated rings. The largest absolute Gasteiger partial charge is 0.487 e. The fourth-order valence-corrected chi connectivity index (χ4v) is 2.78. The van der Waals surface area contributed by atoms with Crippen LogP contribution in [0.4, 0.5) is 8.78 Å². The molecule has 1 aromatic rings. The minimum atomic E-state index is -4.28. The van der Waals surface area contributed by atoms with E-state index in [0.29, 0.717) is 0 Å². The first kappa shape index (κ1) is 14.2. The SMILES string of the molecule is NS(=O)(=O)c1ccc(OC2CCCCC2)c(F)c1F. The van der Waals surface area contributed by atoms with Crippen molar-refractivity contribution in [3.05, 3.63) is 23.8 Å². The van der Waals surface area contributed by atoms with E-state index < -0.39 is 26.6 Å². The van der Waals surface area contributed by atoms with Crippen LogP contribution in [0.3, 0.4) is 0 Å². The summed E-state index contributed by atoms with van der Waals surface area (Å²) >= 11 is 0. The van der Waals surface area contributed by atoms with Crippen molar-refractivity contribution in [1.82, 2.24) is 0 Å². The number of hydrogen-bond donors (Lipinski definition) is 1. The van der Waals surface area contributed by atoms with Crippen molar-refractivity contribution in [3.63, 3.8) is 0 Å². The molecule has 0 radical (unpaired) electrons. The van der Waals surface area contributed by atoms with E-state index in [1.807, 2.05) is 0 Å². The molecule has 106 valence electrons. The number of benzene rings is 1. The number of nitrogens with two attached hydrogens (primary N) is 1. The number of rotatable bonds is 3. The van der Waals surface area contributed by atoms with E-state index in [2.05, 4.69) is 0 Å². The first-order chi connectivity index (χ1) is 8.89. The first-order valence-electron chi connectivity index (χ1n) is 6.07. The Labute approximate surface area is 110 Å². The highest BCUT2D eigenvalue weighted by Gasteiger charge is 2.23. The lowest BCUT2D eigenvalue weighted by Crippen LogP contribution is -2.21. The number of sulfonamides is 1. The lowest BCUT2D eigenvalue weighted by Gasteiger charge is -2.23. The van der Waals surface area contributed by atoms with E-state index in [1.165, 1.54) is 0 Å². The van der Waals surface area contributed by atoms with E-state index >= 15 is 0 Å². The van der Waals surface area contributed by atoms with Gasteiger partial charge in [-0.3, -0.25) is 0 Å². The molecule has 0 amide bonds. The molecule has 1 aromatic carbocycles. The predicted molar refractivity (Wildman–Crippen MR) is 65.2 cm³/mol. The molecule has 0 atom stereocenters. The zero-order chi connectivity index (χ0) is 14.0. The van der Waals surface area contributed by atoms with Crippen LogP contribution >= 0.6 is 0 Å². The van der Waals surface area contributed by atoms with Crippen LogP contribution in [0.15, 0.2) is 17.0 Å². The fraction of sp³-hybridized carbons (Fsp3) is 0.500.